The molecule has 4 heteroatoms. The van der Waals surface area contributed by atoms with E-state index in [1.807, 2.05) is 5.38 Å². The molecule has 1 aromatic rings. The maximum atomic E-state index is 12.0. The molecule has 0 saturated carbocycles. The zero-order valence-corrected chi connectivity index (χ0v) is 8.62. The Morgan fingerprint density at radius 2 is 2.43 bits per heavy atom. The van der Waals surface area contributed by atoms with Crippen molar-refractivity contribution in [1.82, 2.24) is 5.32 Å². The third kappa shape index (κ3) is 2.12. The van der Waals surface area contributed by atoms with Gasteiger partial charge in [0.05, 0.1) is 6.54 Å². The van der Waals surface area contributed by atoms with Gasteiger partial charge in [-0.1, -0.05) is 0 Å². The summed E-state index contributed by atoms with van der Waals surface area (Å²) in [6.07, 6.45) is 0.948. The molecule has 0 spiro atoms. The lowest BCUT2D eigenvalue weighted by atomic mass is 9.94. The van der Waals surface area contributed by atoms with E-state index in [9.17, 15) is 8.78 Å². The lowest BCUT2D eigenvalue weighted by molar-refractivity contribution is 0.140. The van der Waals surface area contributed by atoms with Crippen LogP contribution in [0.4, 0.5) is 8.78 Å². The van der Waals surface area contributed by atoms with Crippen LogP contribution < -0.4 is 5.32 Å². The van der Waals surface area contributed by atoms with Crippen LogP contribution in [-0.2, 0) is 6.42 Å². The minimum atomic E-state index is -2.25. The van der Waals surface area contributed by atoms with Crippen molar-refractivity contribution in [2.75, 3.05) is 6.54 Å². The second kappa shape index (κ2) is 4.36. The van der Waals surface area contributed by atoms with Crippen LogP contribution in [0, 0.1) is 0 Å². The number of nitrogens with one attached hydrogen (secondary N) is 1. The van der Waals surface area contributed by atoms with Gasteiger partial charge < -0.3 is 5.32 Å². The van der Waals surface area contributed by atoms with E-state index in [1.165, 1.54) is 10.4 Å². The molecule has 1 N–H and O–H groups in total. The van der Waals surface area contributed by atoms with Gasteiger partial charge in [0.2, 0.25) is 0 Å². The number of aryl methyl sites for hydroxylation is 1. The zero-order valence-electron chi connectivity index (χ0n) is 7.80. The second-order valence-electron chi connectivity index (χ2n) is 3.54. The number of fused-ring (bicyclic) bond motifs is 1. The van der Waals surface area contributed by atoms with Crippen molar-refractivity contribution < 1.29 is 8.78 Å². The van der Waals surface area contributed by atoms with Crippen LogP contribution in [0.3, 0.4) is 0 Å². The van der Waals surface area contributed by atoms with Crippen LogP contribution in [-0.4, -0.2) is 13.0 Å². The fraction of sp³-hybridized carbons (Fsp3) is 0.600. The summed E-state index contributed by atoms with van der Waals surface area (Å²) in [6, 6.07) is 2.21. The van der Waals surface area contributed by atoms with E-state index < -0.39 is 6.43 Å². The van der Waals surface area contributed by atoms with Gasteiger partial charge in [0.1, 0.15) is 0 Å². The number of alkyl halides is 2. The first-order valence-electron chi connectivity index (χ1n) is 4.85. The molecule has 0 aromatic carbocycles. The van der Waals surface area contributed by atoms with Crippen molar-refractivity contribution in [2.24, 2.45) is 0 Å². The monoisotopic (exact) mass is 217 g/mol. The molecule has 1 aromatic heterocycles. The SMILES string of the molecule is FC(F)CNC1CCCc2sccc21. The first-order valence-corrected chi connectivity index (χ1v) is 5.73. The van der Waals surface area contributed by atoms with E-state index in [-0.39, 0.29) is 12.6 Å². The number of halogens is 2. The highest BCUT2D eigenvalue weighted by atomic mass is 32.1. The highest BCUT2D eigenvalue weighted by Gasteiger charge is 2.21. The summed E-state index contributed by atoms with van der Waals surface area (Å²) < 4.78 is 24.1. The number of hydrogen-bond donors (Lipinski definition) is 1. The van der Waals surface area contributed by atoms with E-state index >= 15 is 0 Å². The summed E-state index contributed by atoms with van der Waals surface area (Å²) in [6.45, 7) is -0.194. The van der Waals surface area contributed by atoms with Gasteiger partial charge in [-0.05, 0) is 36.3 Å². The Morgan fingerprint density at radius 3 is 3.21 bits per heavy atom. The normalized spacial score (nSPS) is 21.2. The Labute approximate surface area is 86.1 Å². The molecule has 0 fully saturated rings. The van der Waals surface area contributed by atoms with Crippen molar-refractivity contribution in [3.05, 3.63) is 21.9 Å². The summed E-state index contributed by atoms with van der Waals surface area (Å²) >= 11 is 1.74. The predicted octanol–water partition coefficient (Wildman–Crippen LogP) is 2.98. The predicted molar refractivity (Wildman–Crippen MR) is 54.0 cm³/mol. The lowest BCUT2D eigenvalue weighted by Crippen LogP contribution is -2.28. The molecule has 1 unspecified atom stereocenters. The van der Waals surface area contributed by atoms with Gasteiger partial charge in [0.25, 0.3) is 6.43 Å². The van der Waals surface area contributed by atoms with Gasteiger partial charge in [-0.25, -0.2) is 8.78 Å². The maximum Gasteiger partial charge on any atom is 0.250 e. The molecule has 78 valence electrons. The van der Waals surface area contributed by atoms with Gasteiger partial charge in [-0.3, -0.25) is 0 Å². The van der Waals surface area contributed by atoms with Gasteiger partial charge in [0.15, 0.2) is 0 Å². The fourth-order valence-electron chi connectivity index (χ4n) is 1.93. The quantitative estimate of drug-likeness (QED) is 0.820. The Hall–Kier alpha value is -0.480. The maximum absolute atomic E-state index is 12.0. The number of thiophene rings is 1. The fourth-order valence-corrected chi connectivity index (χ4v) is 2.92. The number of rotatable bonds is 3. The van der Waals surface area contributed by atoms with Gasteiger partial charge >= 0.3 is 0 Å². The molecule has 0 saturated heterocycles. The van der Waals surface area contributed by atoms with Crippen LogP contribution in [0.15, 0.2) is 11.4 Å². The zero-order chi connectivity index (χ0) is 9.97. The van der Waals surface area contributed by atoms with Crippen molar-refractivity contribution in [3.63, 3.8) is 0 Å². The molecule has 2 rings (SSSR count). The molecular weight excluding hydrogens is 204 g/mol. The van der Waals surface area contributed by atoms with E-state index in [0.717, 1.165) is 19.3 Å². The van der Waals surface area contributed by atoms with Crippen molar-refractivity contribution in [3.8, 4) is 0 Å². The average molecular weight is 217 g/mol. The molecule has 0 bridgehead atoms. The molecule has 1 nitrogen and oxygen atoms in total. The van der Waals surface area contributed by atoms with E-state index in [2.05, 4.69) is 11.4 Å². The van der Waals surface area contributed by atoms with Crippen molar-refractivity contribution in [2.45, 2.75) is 31.7 Å². The lowest BCUT2D eigenvalue weighted by Gasteiger charge is -2.23. The minimum Gasteiger partial charge on any atom is -0.304 e. The van der Waals surface area contributed by atoms with Crippen LogP contribution >= 0.6 is 11.3 Å². The van der Waals surface area contributed by atoms with Crippen LogP contribution in [0.25, 0.3) is 0 Å². The Bertz CT molecular complexity index is 298. The van der Waals surface area contributed by atoms with E-state index in [0.29, 0.717) is 0 Å². The first kappa shape index (κ1) is 10.1. The van der Waals surface area contributed by atoms with Gasteiger partial charge in [0, 0.05) is 10.9 Å². The van der Waals surface area contributed by atoms with Crippen LogP contribution in [0.5, 0.6) is 0 Å². The van der Waals surface area contributed by atoms with E-state index in [4.69, 9.17) is 0 Å². The summed E-state index contributed by atoms with van der Waals surface area (Å²) in [4.78, 5) is 1.36. The smallest absolute Gasteiger partial charge is 0.250 e. The summed E-state index contributed by atoms with van der Waals surface area (Å²) in [7, 11) is 0. The van der Waals surface area contributed by atoms with Gasteiger partial charge in [-0.2, -0.15) is 0 Å². The van der Waals surface area contributed by atoms with Gasteiger partial charge in [-0.15, -0.1) is 11.3 Å². The van der Waals surface area contributed by atoms with E-state index in [1.54, 1.807) is 11.3 Å². The van der Waals surface area contributed by atoms with Crippen molar-refractivity contribution >= 4 is 11.3 Å². The highest BCUT2D eigenvalue weighted by molar-refractivity contribution is 7.10. The largest absolute Gasteiger partial charge is 0.304 e. The Kier molecular flexibility index (Phi) is 3.13. The molecule has 1 heterocycles. The third-order valence-corrected chi connectivity index (χ3v) is 3.57. The Morgan fingerprint density at radius 1 is 1.57 bits per heavy atom. The molecule has 0 radical (unpaired) electrons. The van der Waals surface area contributed by atoms with Crippen LogP contribution in [0.2, 0.25) is 0 Å². The molecule has 0 amide bonds. The average Bonchev–Trinajstić information content (AvgIpc) is 2.62. The number of hydrogen-bond acceptors (Lipinski definition) is 2. The standard InChI is InChI=1S/C10H13F2NS/c11-10(12)6-13-8-2-1-3-9-7(8)4-5-14-9/h4-5,8,10,13H,1-3,6H2. The topological polar surface area (TPSA) is 12.0 Å². The molecule has 1 aliphatic rings. The summed E-state index contributed by atoms with van der Waals surface area (Å²) in [5.74, 6) is 0. The summed E-state index contributed by atoms with van der Waals surface area (Å²) in [5, 5.41) is 4.97. The summed E-state index contributed by atoms with van der Waals surface area (Å²) in [5.41, 5.74) is 1.24. The van der Waals surface area contributed by atoms with Crippen LogP contribution in [0.1, 0.15) is 29.3 Å². The molecular formula is C10H13F2NS. The molecule has 0 aliphatic heterocycles. The molecule has 1 atom stereocenters. The first-order chi connectivity index (χ1) is 6.77. The minimum absolute atomic E-state index is 0.152. The third-order valence-electron chi connectivity index (χ3n) is 2.57. The van der Waals surface area contributed by atoms with Crippen molar-refractivity contribution in [1.29, 1.82) is 0 Å². The Balaban J connectivity index is 2.01. The highest BCUT2D eigenvalue weighted by Crippen LogP contribution is 2.33. The molecule has 14 heavy (non-hydrogen) atoms. The molecule has 1 aliphatic carbocycles. The second-order valence-corrected chi connectivity index (χ2v) is 4.54.